The van der Waals surface area contributed by atoms with E-state index in [4.69, 9.17) is 16.3 Å². The SMILES string of the molecule is COCCN(CC(=O)N(CCc1c[nH]c2ccccc12)Cc1ccc(C)cc1)C(=O)c1cccc(Cl)c1. The number of methoxy groups -OCH3 is 1. The van der Waals surface area contributed by atoms with Crippen LogP contribution >= 0.6 is 11.6 Å². The Morgan fingerprint density at radius 2 is 1.73 bits per heavy atom. The minimum Gasteiger partial charge on any atom is -0.383 e. The molecule has 0 saturated heterocycles. The van der Waals surface area contributed by atoms with Crippen molar-refractivity contribution in [1.82, 2.24) is 14.8 Å². The summed E-state index contributed by atoms with van der Waals surface area (Å²) in [4.78, 5) is 33.6. The fourth-order valence-corrected chi connectivity index (χ4v) is 4.51. The minimum absolute atomic E-state index is 0.0472. The van der Waals surface area contributed by atoms with Crippen LogP contribution < -0.4 is 0 Å². The zero-order chi connectivity index (χ0) is 26.2. The molecule has 0 unspecified atom stereocenters. The number of hydrogen-bond donors (Lipinski definition) is 1. The van der Waals surface area contributed by atoms with Gasteiger partial charge < -0.3 is 19.5 Å². The highest BCUT2D eigenvalue weighted by molar-refractivity contribution is 6.31. The van der Waals surface area contributed by atoms with Crippen molar-refractivity contribution in [2.75, 3.05) is 33.4 Å². The van der Waals surface area contributed by atoms with Gasteiger partial charge in [0.15, 0.2) is 0 Å². The van der Waals surface area contributed by atoms with Gasteiger partial charge in [0.05, 0.1) is 6.61 Å². The first-order valence-corrected chi connectivity index (χ1v) is 12.7. The Morgan fingerprint density at radius 1 is 0.946 bits per heavy atom. The van der Waals surface area contributed by atoms with E-state index in [2.05, 4.69) is 11.1 Å². The number of halogens is 1. The van der Waals surface area contributed by atoms with Gasteiger partial charge in [-0.1, -0.05) is 65.7 Å². The second-order valence-electron chi connectivity index (χ2n) is 9.14. The monoisotopic (exact) mass is 517 g/mol. The summed E-state index contributed by atoms with van der Waals surface area (Å²) in [6, 6.07) is 23.1. The number of aromatic nitrogens is 1. The van der Waals surface area contributed by atoms with E-state index in [1.165, 1.54) is 10.5 Å². The van der Waals surface area contributed by atoms with Crippen molar-refractivity contribution in [2.24, 2.45) is 0 Å². The number of ether oxygens (including phenoxy) is 1. The van der Waals surface area contributed by atoms with Crippen LogP contribution in [-0.4, -0.2) is 59.9 Å². The van der Waals surface area contributed by atoms with Crippen LogP contribution in [0.1, 0.15) is 27.0 Å². The molecule has 1 N–H and O–H groups in total. The van der Waals surface area contributed by atoms with Gasteiger partial charge in [-0.25, -0.2) is 0 Å². The van der Waals surface area contributed by atoms with Crippen LogP contribution in [-0.2, 0) is 22.5 Å². The molecule has 0 saturated carbocycles. The normalized spacial score (nSPS) is 11.0. The number of para-hydroxylation sites is 1. The van der Waals surface area contributed by atoms with Gasteiger partial charge in [-0.05, 0) is 48.7 Å². The van der Waals surface area contributed by atoms with Crippen LogP contribution in [0.5, 0.6) is 0 Å². The number of nitrogens with one attached hydrogen (secondary N) is 1. The van der Waals surface area contributed by atoms with E-state index in [1.807, 2.05) is 60.5 Å². The molecular formula is C30H32ClN3O3. The predicted molar refractivity (Wildman–Crippen MR) is 148 cm³/mol. The van der Waals surface area contributed by atoms with E-state index in [9.17, 15) is 9.59 Å². The zero-order valence-electron chi connectivity index (χ0n) is 21.2. The maximum Gasteiger partial charge on any atom is 0.254 e. The maximum absolute atomic E-state index is 13.7. The lowest BCUT2D eigenvalue weighted by Crippen LogP contribution is -2.44. The number of benzene rings is 3. The van der Waals surface area contributed by atoms with Crippen molar-refractivity contribution in [1.29, 1.82) is 0 Å². The molecule has 0 bridgehead atoms. The van der Waals surface area contributed by atoms with Crippen LogP contribution in [0.15, 0.2) is 79.0 Å². The quantitative estimate of drug-likeness (QED) is 0.286. The molecule has 0 atom stereocenters. The van der Waals surface area contributed by atoms with Gasteiger partial charge in [0, 0.05) is 54.4 Å². The number of H-pyrrole nitrogens is 1. The lowest BCUT2D eigenvalue weighted by molar-refractivity contribution is -0.132. The third kappa shape index (κ3) is 7.00. The minimum atomic E-state index is -0.250. The first-order chi connectivity index (χ1) is 17.9. The Kier molecular flexibility index (Phi) is 8.99. The summed E-state index contributed by atoms with van der Waals surface area (Å²) in [5.74, 6) is -0.369. The van der Waals surface area contributed by atoms with E-state index in [0.717, 1.165) is 22.0 Å². The molecule has 4 rings (SSSR count). The molecule has 7 heteroatoms. The molecule has 0 aliphatic heterocycles. The maximum atomic E-state index is 13.7. The summed E-state index contributed by atoms with van der Waals surface area (Å²) in [6.45, 7) is 3.61. The summed E-state index contributed by atoms with van der Waals surface area (Å²) in [5, 5.41) is 1.63. The first-order valence-electron chi connectivity index (χ1n) is 12.4. The summed E-state index contributed by atoms with van der Waals surface area (Å²) in [5.41, 5.74) is 4.89. The number of aryl methyl sites for hydroxylation is 1. The lowest BCUT2D eigenvalue weighted by atomic mass is 10.1. The van der Waals surface area contributed by atoms with E-state index in [0.29, 0.717) is 43.2 Å². The molecule has 0 spiro atoms. The van der Waals surface area contributed by atoms with Crippen molar-refractivity contribution in [3.63, 3.8) is 0 Å². The summed E-state index contributed by atoms with van der Waals surface area (Å²) >= 11 is 6.11. The van der Waals surface area contributed by atoms with E-state index in [1.54, 1.807) is 31.4 Å². The van der Waals surface area contributed by atoms with Crippen molar-refractivity contribution in [2.45, 2.75) is 19.9 Å². The molecule has 1 aromatic heterocycles. The molecule has 1 heterocycles. The third-order valence-corrected chi connectivity index (χ3v) is 6.66. The first kappa shape index (κ1) is 26.5. The van der Waals surface area contributed by atoms with Gasteiger partial charge in [-0.3, -0.25) is 9.59 Å². The van der Waals surface area contributed by atoms with Gasteiger partial charge in [0.25, 0.3) is 5.91 Å². The van der Waals surface area contributed by atoms with Crippen LogP contribution in [0, 0.1) is 6.92 Å². The summed E-state index contributed by atoms with van der Waals surface area (Å²) < 4.78 is 5.22. The van der Waals surface area contributed by atoms with E-state index in [-0.39, 0.29) is 18.4 Å². The predicted octanol–water partition coefficient (Wildman–Crippen LogP) is 5.49. The summed E-state index contributed by atoms with van der Waals surface area (Å²) in [7, 11) is 1.58. The van der Waals surface area contributed by atoms with Crippen LogP contribution in [0.4, 0.5) is 0 Å². The van der Waals surface area contributed by atoms with Crippen molar-refractivity contribution in [3.8, 4) is 0 Å². The number of aromatic amines is 1. The number of rotatable bonds is 11. The molecule has 0 aliphatic carbocycles. The third-order valence-electron chi connectivity index (χ3n) is 6.42. The number of hydrogen-bond acceptors (Lipinski definition) is 3. The average molecular weight is 518 g/mol. The molecular weight excluding hydrogens is 486 g/mol. The van der Waals surface area contributed by atoms with Gasteiger partial charge in [-0.15, -0.1) is 0 Å². The van der Waals surface area contributed by atoms with Crippen molar-refractivity contribution >= 4 is 34.3 Å². The van der Waals surface area contributed by atoms with Gasteiger partial charge in [-0.2, -0.15) is 0 Å². The largest absolute Gasteiger partial charge is 0.383 e. The molecule has 37 heavy (non-hydrogen) atoms. The number of carbonyl (C=O) groups excluding carboxylic acids is 2. The van der Waals surface area contributed by atoms with Crippen LogP contribution in [0.25, 0.3) is 10.9 Å². The smallest absolute Gasteiger partial charge is 0.254 e. The van der Waals surface area contributed by atoms with Gasteiger partial charge in [0.2, 0.25) is 5.91 Å². The van der Waals surface area contributed by atoms with Crippen molar-refractivity contribution < 1.29 is 14.3 Å². The fraction of sp³-hybridized carbons (Fsp3) is 0.267. The Balaban J connectivity index is 1.54. The number of fused-ring (bicyclic) bond motifs is 1. The Labute approximate surface area is 222 Å². The molecule has 6 nitrogen and oxygen atoms in total. The molecule has 4 aromatic rings. The average Bonchev–Trinajstić information content (AvgIpc) is 3.32. The van der Waals surface area contributed by atoms with E-state index < -0.39 is 0 Å². The van der Waals surface area contributed by atoms with E-state index >= 15 is 0 Å². The topological polar surface area (TPSA) is 65.6 Å². The highest BCUT2D eigenvalue weighted by Gasteiger charge is 2.23. The zero-order valence-corrected chi connectivity index (χ0v) is 22.0. The lowest BCUT2D eigenvalue weighted by Gasteiger charge is -2.28. The number of carbonyl (C=O) groups is 2. The highest BCUT2D eigenvalue weighted by atomic mass is 35.5. The molecule has 0 aliphatic rings. The molecule has 3 aromatic carbocycles. The number of nitrogens with zero attached hydrogens (tertiary/aromatic N) is 2. The van der Waals surface area contributed by atoms with Gasteiger partial charge in [0.1, 0.15) is 6.54 Å². The molecule has 0 fully saturated rings. The molecule has 192 valence electrons. The standard InChI is InChI=1S/C30H32ClN3O3/c1-22-10-12-23(13-11-22)20-33(15-14-25-19-32-28-9-4-3-8-27(25)28)29(35)21-34(16-17-37-2)30(36)24-6-5-7-26(31)18-24/h3-13,18-19,32H,14-17,20-21H2,1-2H3. The molecule has 0 radical (unpaired) electrons. The van der Waals surface area contributed by atoms with Crippen LogP contribution in [0.2, 0.25) is 5.02 Å². The second-order valence-corrected chi connectivity index (χ2v) is 9.58. The Morgan fingerprint density at radius 3 is 2.49 bits per heavy atom. The number of amides is 2. The second kappa shape index (κ2) is 12.6. The highest BCUT2D eigenvalue weighted by Crippen LogP contribution is 2.19. The Hall–Kier alpha value is -3.61. The van der Waals surface area contributed by atoms with Crippen molar-refractivity contribution in [3.05, 3.63) is 106 Å². The van der Waals surface area contributed by atoms with Gasteiger partial charge >= 0.3 is 0 Å². The fourth-order valence-electron chi connectivity index (χ4n) is 4.32. The Bertz CT molecular complexity index is 1350. The molecule has 2 amide bonds. The summed E-state index contributed by atoms with van der Waals surface area (Å²) in [6.07, 6.45) is 2.70. The van der Waals surface area contributed by atoms with Crippen LogP contribution in [0.3, 0.4) is 0 Å².